The molecule has 4 aromatic rings. The molecule has 0 amide bonds. The van der Waals surface area contributed by atoms with Gasteiger partial charge in [0.2, 0.25) is 0 Å². The van der Waals surface area contributed by atoms with Gasteiger partial charge in [-0.3, -0.25) is 4.98 Å². The van der Waals surface area contributed by atoms with E-state index in [-0.39, 0.29) is 63.3 Å². The number of halogens is 3. The number of piperidine rings is 1. The fourth-order valence-electron chi connectivity index (χ4n) is 7.65. The van der Waals surface area contributed by atoms with Crippen molar-refractivity contribution < 1.29 is 32.9 Å². The number of hydrogen-bond acceptors (Lipinski definition) is 9. The number of aromatic hydroxyl groups is 1. The highest BCUT2D eigenvalue weighted by atomic mass is 19.2. The first-order valence-corrected chi connectivity index (χ1v) is 15.4. The van der Waals surface area contributed by atoms with Gasteiger partial charge in [0, 0.05) is 35.1 Å². The number of aromatic nitrogens is 3. The first kappa shape index (κ1) is 29.9. The van der Waals surface area contributed by atoms with Crippen LogP contribution in [0.2, 0.25) is 0 Å². The van der Waals surface area contributed by atoms with E-state index in [0.29, 0.717) is 31.6 Å². The summed E-state index contributed by atoms with van der Waals surface area (Å²) in [6.45, 7) is 4.01. The van der Waals surface area contributed by atoms with Crippen molar-refractivity contribution in [3.8, 4) is 23.0 Å². The summed E-state index contributed by atoms with van der Waals surface area (Å²) in [6.07, 6.45) is 6.66. The maximum absolute atomic E-state index is 16.7. The van der Waals surface area contributed by atoms with E-state index in [1.807, 2.05) is 0 Å². The lowest BCUT2D eigenvalue weighted by Gasteiger charge is -2.44. The molecule has 4 heterocycles. The van der Waals surface area contributed by atoms with Crippen LogP contribution in [0.15, 0.2) is 30.5 Å². The van der Waals surface area contributed by atoms with Crippen LogP contribution < -0.4 is 9.64 Å². The average molecular weight is 624 g/mol. The molecule has 2 aliphatic heterocycles. The minimum atomic E-state index is -1.20. The van der Waals surface area contributed by atoms with Crippen molar-refractivity contribution in [2.45, 2.75) is 50.7 Å². The highest BCUT2D eigenvalue weighted by Crippen LogP contribution is 2.47. The van der Waals surface area contributed by atoms with E-state index in [1.165, 1.54) is 18.3 Å². The van der Waals surface area contributed by atoms with Crippen LogP contribution in [0.3, 0.4) is 0 Å². The highest BCUT2D eigenvalue weighted by Gasteiger charge is 2.47. The van der Waals surface area contributed by atoms with Gasteiger partial charge in [0.25, 0.3) is 0 Å². The van der Waals surface area contributed by atoms with Crippen LogP contribution in [0.25, 0.3) is 32.9 Å². The van der Waals surface area contributed by atoms with E-state index < -0.39 is 23.1 Å². The van der Waals surface area contributed by atoms with Crippen molar-refractivity contribution >= 4 is 27.5 Å². The first-order valence-electron chi connectivity index (χ1n) is 15.4. The van der Waals surface area contributed by atoms with E-state index in [1.54, 1.807) is 11.8 Å². The van der Waals surface area contributed by atoms with Gasteiger partial charge in [-0.15, -0.1) is 0 Å². The number of pyridine rings is 1. The normalized spacial score (nSPS) is 25.9. The molecule has 3 atom stereocenters. The molecule has 0 radical (unpaired) electrons. The summed E-state index contributed by atoms with van der Waals surface area (Å²) in [7, 11) is 2.14. The molecule has 3 unspecified atom stereocenters. The monoisotopic (exact) mass is 623 g/mol. The van der Waals surface area contributed by atoms with Crippen LogP contribution in [0.5, 0.6) is 11.8 Å². The Kier molecular flexibility index (Phi) is 7.49. The van der Waals surface area contributed by atoms with Gasteiger partial charge >= 0.3 is 6.01 Å². The Morgan fingerprint density at radius 1 is 1.09 bits per heavy atom. The van der Waals surface area contributed by atoms with Gasteiger partial charge in [-0.2, -0.15) is 9.97 Å². The van der Waals surface area contributed by atoms with Gasteiger partial charge in [-0.1, -0.05) is 12.5 Å². The van der Waals surface area contributed by atoms with Crippen molar-refractivity contribution in [1.29, 1.82) is 0 Å². The Morgan fingerprint density at radius 2 is 1.91 bits per heavy atom. The molecule has 3 fully saturated rings. The Morgan fingerprint density at radius 3 is 2.76 bits per heavy atom. The molecule has 0 spiro atoms. The number of rotatable bonds is 5. The maximum Gasteiger partial charge on any atom is 0.319 e. The molecule has 0 bridgehead atoms. The lowest BCUT2D eigenvalue weighted by Crippen LogP contribution is -2.50. The zero-order chi connectivity index (χ0) is 31.5. The number of β-amino-alcohol motifs (C(OH)–C–C–N with tert-alkyl or cyclic N) is 1. The molecule has 12 heteroatoms. The minimum Gasteiger partial charge on any atom is -0.508 e. The smallest absolute Gasteiger partial charge is 0.319 e. The zero-order valence-corrected chi connectivity index (χ0v) is 25.3. The lowest BCUT2D eigenvalue weighted by atomic mass is 9.76. The average Bonchev–Trinajstić information content (AvgIpc) is 3.36. The number of likely N-dealkylation sites (tertiary alicyclic amines) is 1. The van der Waals surface area contributed by atoms with Gasteiger partial charge in [0.05, 0.1) is 31.8 Å². The third-order valence-electron chi connectivity index (χ3n) is 9.71. The Hall–Kier alpha value is -3.74. The second-order valence-electron chi connectivity index (χ2n) is 13.1. The number of anilines is 1. The Bertz CT molecular complexity index is 1790. The molecule has 238 valence electrons. The molecule has 9 nitrogen and oxygen atoms in total. The topological polar surface area (TPSA) is 104 Å². The number of aliphatic hydroxyl groups is 1. The summed E-state index contributed by atoms with van der Waals surface area (Å²) in [5.74, 6) is -3.12. The van der Waals surface area contributed by atoms with Crippen molar-refractivity contribution in [3.63, 3.8) is 0 Å². The molecule has 45 heavy (non-hydrogen) atoms. The number of fused-ring (bicyclic) bond motifs is 3. The standard InChI is InChI=1S/C33H36F3N5O4/c1-32(43)16-41(11-12-44-17-32)30-22-15-37-28(21-14-20(42)13-19-6-7-23(34)26(35)25(19)21)27(36)29(22)38-31(39-30)45-18-33-8-3-5-24(33)40(2)10-4-9-33/h6-7,13-15,24,42-43H,3-5,8-12,16-18H2,1-2H3. The second kappa shape index (κ2) is 11.3. The molecule has 3 aliphatic rings. The number of phenolic OH excluding ortho intramolecular Hbond substituents is 1. The van der Waals surface area contributed by atoms with Gasteiger partial charge < -0.3 is 29.5 Å². The van der Waals surface area contributed by atoms with Crippen LogP contribution in [0.1, 0.15) is 39.0 Å². The van der Waals surface area contributed by atoms with Gasteiger partial charge in [0.15, 0.2) is 17.5 Å². The Balaban J connectivity index is 1.37. The lowest BCUT2D eigenvalue weighted by molar-refractivity contribution is -0.0123. The number of ether oxygens (including phenoxy) is 2. The van der Waals surface area contributed by atoms with E-state index in [4.69, 9.17) is 14.5 Å². The minimum absolute atomic E-state index is 0.0235. The molecule has 1 aliphatic carbocycles. The largest absolute Gasteiger partial charge is 0.508 e. The van der Waals surface area contributed by atoms with Gasteiger partial charge in [0.1, 0.15) is 28.4 Å². The summed E-state index contributed by atoms with van der Waals surface area (Å²) >= 11 is 0. The molecule has 2 N–H and O–H groups in total. The van der Waals surface area contributed by atoms with Gasteiger partial charge in [-0.25, -0.2) is 13.2 Å². The predicted molar refractivity (Wildman–Crippen MR) is 163 cm³/mol. The molecule has 2 saturated heterocycles. The molecule has 2 aromatic heterocycles. The highest BCUT2D eigenvalue weighted by molar-refractivity contribution is 6.00. The third-order valence-corrected chi connectivity index (χ3v) is 9.71. The van der Waals surface area contributed by atoms with Crippen LogP contribution >= 0.6 is 0 Å². The number of phenols is 1. The molecular formula is C33H36F3N5O4. The third kappa shape index (κ3) is 5.32. The van der Waals surface area contributed by atoms with Crippen molar-refractivity contribution in [2.24, 2.45) is 5.41 Å². The summed E-state index contributed by atoms with van der Waals surface area (Å²) in [4.78, 5) is 17.8. The fourth-order valence-corrected chi connectivity index (χ4v) is 7.65. The van der Waals surface area contributed by atoms with Gasteiger partial charge in [-0.05, 0) is 69.8 Å². The van der Waals surface area contributed by atoms with Crippen LogP contribution in [-0.4, -0.2) is 88.2 Å². The summed E-state index contributed by atoms with van der Waals surface area (Å²) in [6, 6.07) is 5.05. The molecular weight excluding hydrogens is 587 g/mol. The molecule has 1 saturated carbocycles. The van der Waals surface area contributed by atoms with Crippen LogP contribution in [0, 0.1) is 22.9 Å². The molecule has 2 aromatic carbocycles. The van der Waals surface area contributed by atoms with E-state index in [2.05, 4.69) is 21.9 Å². The number of hydrogen-bond donors (Lipinski definition) is 2. The first-order chi connectivity index (χ1) is 21.6. The van der Waals surface area contributed by atoms with E-state index in [9.17, 15) is 14.6 Å². The SMILES string of the molecule is CN1CCCC2(COc3nc(N4CCOCC(C)(O)C4)c4cnc(-c5cc(O)cc6ccc(F)c(F)c56)c(F)c4n3)CCCC12. The van der Waals surface area contributed by atoms with Crippen molar-refractivity contribution in [2.75, 3.05) is 51.4 Å². The maximum atomic E-state index is 16.7. The predicted octanol–water partition coefficient (Wildman–Crippen LogP) is 5.20. The van der Waals surface area contributed by atoms with E-state index >= 15 is 8.78 Å². The summed E-state index contributed by atoms with van der Waals surface area (Å²) in [5.41, 5.74) is -1.81. The second-order valence-corrected chi connectivity index (χ2v) is 13.1. The number of benzene rings is 2. The van der Waals surface area contributed by atoms with Crippen LogP contribution in [0.4, 0.5) is 19.0 Å². The quantitative estimate of drug-likeness (QED) is 0.311. The van der Waals surface area contributed by atoms with Crippen molar-refractivity contribution in [1.82, 2.24) is 19.9 Å². The Labute approximate surface area is 258 Å². The number of nitrogens with zero attached hydrogens (tertiary/aromatic N) is 5. The zero-order valence-electron chi connectivity index (χ0n) is 25.3. The van der Waals surface area contributed by atoms with E-state index in [0.717, 1.165) is 50.8 Å². The molecule has 7 rings (SSSR count). The van der Waals surface area contributed by atoms with Crippen LogP contribution in [-0.2, 0) is 4.74 Å². The summed E-state index contributed by atoms with van der Waals surface area (Å²) in [5, 5.41) is 21.6. The fraction of sp³-hybridized carbons (Fsp3) is 0.485. The summed E-state index contributed by atoms with van der Waals surface area (Å²) < 4.78 is 58.1. The van der Waals surface area contributed by atoms with Crippen molar-refractivity contribution in [3.05, 3.63) is 47.9 Å².